The molecule has 2 N–H and O–H groups in total. The molecule has 7 heteroatoms. The van der Waals surface area contributed by atoms with Gasteiger partial charge in [0.25, 0.3) is 0 Å². The fourth-order valence-corrected chi connectivity index (χ4v) is 3.67. The van der Waals surface area contributed by atoms with Crippen LogP contribution in [0.15, 0.2) is 34.9 Å². The normalized spacial score (nSPS) is 21.6. The molecule has 2 heterocycles. The number of benzene rings is 1. The highest BCUT2D eigenvalue weighted by Gasteiger charge is 2.40. The van der Waals surface area contributed by atoms with Crippen molar-refractivity contribution < 1.29 is 9.32 Å². The number of aromatic nitrogens is 2. The van der Waals surface area contributed by atoms with Gasteiger partial charge in [-0.05, 0) is 37.7 Å². The lowest BCUT2D eigenvalue weighted by Gasteiger charge is -2.34. The van der Waals surface area contributed by atoms with E-state index in [-0.39, 0.29) is 24.2 Å². The second kappa shape index (κ2) is 7.76. The molecule has 2 aliphatic rings. The van der Waals surface area contributed by atoms with Gasteiger partial charge in [-0.2, -0.15) is 4.98 Å². The zero-order valence-electron chi connectivity index (χ0n) is 14.8. The number of nitrogens with zero attached hydrogens (tertiary/aromatic N) is 3. The van der Waals surface area contributed by atoms with E-state index in [0.717, 1.165) is 44.2 Å². The fraction of sp³-hybridized carbons (Fsp3) is 0.526. The number of carbonyl (C=O) groups is 1. The molecule has 1 saturated carbocycles. The van der Waals surface area contributed by atoms with Crippen molar-refractivity contribution in [1.82, 2.24) is 15.0 Å². The number of carbonyl (C=O) groups excluding carboxylic acids is 1. The third-order valence-electron chi connectivity index (χ3n) is 5.45. The van der Waals surface area contributed by atoms with Gasteiger partial charge < -0.3 is 15.2 Å². The number of rotatable bonds is 4. The van der Waals surface area contributed by atoms with E-state index >= 15 is 0 Å². The molecule has 6 nitrogen and oxygen atoms in total. The summed E-state index contributed by atoms with van der Waals surface area (Å²) in [5.41, 5.74) is 6.92. The molecule has 2 aromatic rings. The second-order valence-corrected chi connectivity index (χ2v) is 7.31. The molecule has 0 radical (unpaired) electrons. The third kappa shape index (κ3) is 3.76. The zero-order valence-corrected chi connectivity index (χ0v) is 15.6. The highest BCUT2D eigenvalue weighted by atomic mass is 35.5. The van der Waals surface area contributed by atoms with Gasteiger partial charge in [0.2, 0.25) is 11.8 Å². The lowest BCUT2D eigenvalue weighted by molar-refractivity contribution is -0.131. The smallest absolute Gasteiger partial charge is 0.231 e. The van der Waals surface area contributed by atoms with Gasteiger partial charge in [0.1, 0.15) is 0 Å². The average molecular weight is 377 g/mol. The molecule has 1 aliphatic heterocycles. The van der Waals surface area contributed by atoms with Crippen molar-refractivity contribution in [3.05, 3.63) is 47.6 Å². The van der Waals surface area contributed by atoms with Gasteiger partial charge in [-0.15, -0.1) is 12.4 Å². The maximum atomic E-state index is 12.6. The molecule has 4 rings (SSSR count). The molecule has 0 spiro atoms. The van der Waals surface area contributed by atoms with E-state index in [0.29, 0.717) is 24.7 Å². The van der Waals surface area contributed by atoms with Crippen molar-refractivity contribution in [2.45, 2.75) is 50.0 Å². The van der Waals surface area contributed by atoms with Gasteiger partial charge in [-0.25, -0.2) is 0 Å². The van der Waals surface area contributed by atoms with Gasteiger partial charge >= 0.3 is 0 Å². The minimum atomic E-state index is -0.404. The summed E-state index contributed by atoms with van der Waals surface area (Å²) in [6.07, 6.45) is 5.31. The van der Waals surface area contributed by atoms with Crippen molar-refractivity contribution in [2.24, 2.45) is 5.73 Å². The van der Waals surface area contributed by atoms with Crippen LogP contribution in [0.5, 0.6) is 0 Å². The standard InChI is InChI=1S/C19H24N4O2.ClH/c20-19(9-5-10-19)18-21-17(25-22-18)15-8-4-11-23(13-15)16(24)12-14-6-2-1-3-7-14;/h1-3,6-7,15H,4-5,8-13,20H2;1H. The summed E-state index contributed by atoms with van der Waals surface area (Å²) in [4.78, 5) is 19.1. The topological polar surface area (TPSA) is 85.2 Å². The van der Waals surface area contributed by atoms with Gasteiger partial charge in [-0.1, -0.05) is 35.5 Å². The molecule has 1 aromatic carbocycles. The summed E-state index contributed by atoms with van der Waals surface area (Å²) in [5.74, 6) is 1.52. The number of amides is 1. The van der Waals surface area contributed by atoms with Crippen LogP contribution in [0.4, 0.5) is 0 Å². The summed E-state index contributed by atoms with van der Waals surface area (Å²) in [7, 11) is 0. The van der Waals surface area contributed by atoms with E-state index in [1.165, 1.54) is 0 Å². The van der Waals surface area contributed by atoms with Crippen LogP contribution in [-0.4, -0.2) is 34.0 Å². The van der Waals surface area contributed by atoms with Crippen molar-refractivity contribution >= 4 is 18.3 Å². The first-order valence-corrected chi connectivity index (χ1v) is 9.09. The van der Waals surface area contributed by atoms with Gasteiger partial charge in [0, 0.05) is 13.1 Å². The fourth-order valence-electron chi connectivity index (χ4n) is 3.67. The van der Waals surface area contributed by atoms with E-state index < -0.39 is 5.54 Å². The molecular formula is C19H25ClN4O2. The maximum Gasteiger partial charge on any atom is 0.231 e. The minimum Gasteiger partial charge on any atom is -0.342 e. The molecule has 1 saturated heterocycles. The van der Waals surface area contributed by atoms with Crippen LogP contribution in [0.2, 0.25) is 0 Å². The number of halogens is 1. The van der Waals surface area contributed by atoms with Crippen LogP contribution in [0, 0.1) is 0 Å². The molecule has 1 amide bonds. The van der Waals surface area contributed by atoms with E-state index in [9.17, 15) is 4.79 Å². The highest BCUT2D eigenvalue weighted by molar-refractivity contribution is 5.85. The first-order chi connectivity index (χ1) is 12.1. The molecule has 0 bridgehead atoms. The Morgan fingerprint density at radius 2 is 2.04 bits per heavy atom. The predicted molar refractivity (Wildman–Crippen MR) is 100.0 cm³/mol. The largest absolute Gasteiger partial charge is 0.342 e. The van der Waals surface area contributed by atoms with Gasteiger partial charge in [-0.3, -0.25) is 4.79 Å². The molecule has 26 heavy (non-hydrogen) atoms. The zero-order chi connectivity index (χ0) is 17.3. The predicted octanol–water partition coefficient (Wildman–Crippen LogP) is 2.78. The third-order valence-corrected chi connectivity index (χ3v) is 5.45. The average Bonchev–Trinajstić information content (AvgIpc) is 3.11. The summed E-state index contributed by atoms with van der Waals surface area (Å²) in [6, 6.07) is 9.87. The van der Waals surface area contributed by atoms with Gasteiger partial charge in [0.15, 0.2) is 5.82 Å². The van der Waals surface area contributed by atoms with Crippen LogP contribution in [0.1, 0.15) is 55.3 Å². The number of nitrogens with two attached hydrogens (primary N) is 1. The molecule has 140 valence electrons. The molecule has 1 atom stereocenters. The van der Waals surface area contributed by atoms with E-state index in [1.807, 2.05) is 35.2 Å². The quantitative estimate of drug-likeness (QED) is 0.886. The Morgan fingerprint density at radius 3 is 2.73 bits per heavy atom. The lowest BCUT2D eigenvalue weighted by Crippen LogP contribution is -2.44. The van der Waals surface area contributed by atoms with Crippen molar-refractivity contribution in [1.29, 1.82) is 0 Å². The monoisotopic (exact) mass is 376 g/mol. The molecule has 1 aliphatic carbocycles. The maximum absolute atomic E-state index is 12.6. The van der Waals surface area contributed by atoms with Crippen molar-refractivity contribution in [3.63, 3.8) is 0 Å². The van der Waals surface area contributed by atoms with Crippen LogP contribution < -0.4 is 5.73 Å². The Kier molecular flexibility index (Phi) is 5.63. The Bertz CT molecular complexity index is 745. The minimum absolute atomic E-state index is 0. The van der Waals surface area contributed by atoms with Crippen LogP contribution in [0.3, 0.4) is 0 Å². The molecule has 2 fully saturated rings. The van der Waals surface area contributed by atoms with E-state index in [4.69, 9.17) is 10.3 Å². The SMILES string of the molecule is Cl.NC1(c2noc(C3CCCN(C(=O)Cc4ccccc4)C3)n2)CCC1. The Labute approximate surface area is 159 Å². The summed E-state index contributed by atoms with van der Waals surface area (Å²) >= 11 is 0. The van der Waals surface area contributed by atoms with E-state index in [2.05, 4.69) is 10.1 Å². The van der Waals surface area contributed by atoms with E-state index in [1.54, 1.807) is 0 Å². The first-order valence-electron chi connectivity index (χ1n) is 9.09. The molecule has 1 unspecified atom stereocenters. The van der Waals surface area contributed by atoms with Crippen molar-refractivity contribution in [3.8, 4) is 0 Å². The second-order valence-electron chi connectivity index (χ2n) is 7.31. The number of piperidine rings is 1. The van der Waals surface area contributed by atoms with Crippen LogP contribution in [0.25, 0.3) is 0 Å². The Balaban J connectivity index is 0.00000196. The van der Waals surface area contributed by atoms with Crippen LogP contribution in [-0.2, 0) is 16.8 Å². The number of hydrogen-bond donors (Lipinski definition) is 1. The van der Waals surface area contributed by atoms with Gasteiger partial charge in [0.05, 0.1) is 17.9 Å². The Morgan fingerprint density at radius 1 is 1.27 bits per heavy atom. The molecular weight excluding hydrogens is 352 g/mol. The summed E-state index contributed by atoms with van der Waals surface area (Å²) < 4.78 is 5.49. The number of likely N-dealkylation sites (tertiary alicyclic amines) is 1. The highest BCUT2D eigenvalue weighted by Crippen LogP contribution is 2.38. The summed E-state index contributed by atoms with van der Waals surface area (Å²) in [6.45, 7) is 1.44. The lowest BCUT2D eigenvalue weighted by atomic mass is 9.77. The number of hydrogen-bond acceptors (Lipinski definition) is 5. The first kappa shape index (κ1) is 18.9. The van der Waals surface area contributed by atoms with Crippen molar-refractivity contribution in [2.75, 3.05) is 13.1 Å². The summed E-state index contributed by atoms with van der Waals surface area (Å²) in [5, 5.41) is 4.11. The molecule has 1 aromatic heterocycles. The van der Waals surface area contributed by atoms with Crippen LogP contribution >= 0.6 is 12.4 Å². The Hall–Kier alpha value is -1.92.